The predicted molar refractivity (Wildman–Crippen MR) is 60.6 cm³/mol. The maximum atomic E-state index is 13.0. The average molecular weight is 235 g/mol. The highest BCUT2D eigenvalue weighted by atomic mass is 19.3. The Balaban J connectivity index is 0.000000606. The first-order chi connectivity index (χ1) is 7.49. The summed E-state index contributed by atoms with van der Waals surface area (Å²) in [5.74, 6) is 0.453. The first-order valence-electron chi connectivity index (χ1n) is 6.27. The summed E-state index contributed by atoms with van der Waals surface area (Å²) >= 11 is 0. The van der Waals surface area contributed by atoms with Gasteiger partial charge in [-0.2, -0.15) is 8.78 Å². The molecule has 2 aliphatic rings. The Bertz CT molecular complexity index is 221. The van der Waals surface area contributed by atoms with Gasteiger partial charge in [0.1, 0.15) is 0 Å². The summed E-state index contributed by atoms with van der Waals surface area (Å²) in [6.45, 7) is 8.16. The number of ether oxygens (including phenoxy) is 1. The second kappa shape index (κ2) is 5.41. The molecule has 4 heteroatoms. The highest BCUT2D eigenvalue weighted by Crippen LogP contribution is 2.36. The van der Waals surface area contributed by atoms with E-state index >= 15 is 0 Å². The van der Waals surface area contributed by atoms with Crippen molar-refractivity contribution < 1.29 is 13.5 Å². The number of hydrogen-bond donors (Lipinski definition) is 0. The Morgan fingerprint density at radius 1 is 1.25 bits per heavy atom. The summed E-state index contributed by atoms with van der Waals surface area (Å²) in [6.07, 6.45) is -0.908. The third kappa shape index (κ3) is 2.92. The van der Waals surface area contributed by atoms with Crippen LogP contribution in [0.2, 0.25) is 0 Å². The van der Waals surface area contributed by atoms with Crippen molar-refractivity contribution >= 4 is 0 Å². The SMILES string of the molecule is CC.CC(C)C1CCC2COC(F)(F)CN21. The molecule has 2 nitrogen and oxygen atoms in total. The second-order valence-corrected chi connectivity index (χ2v) is 4.66. The molecular formula is C12H23F2NO. The molecule has 0 saturated carbocycles. The van der Waals surface area contributed by atoms with Gasteiger partial charge in [-0.1, -0.05) is 27.7 Å². The van der Waals surface area contributed by atoms with E-state index in [2.05, 4.69) is 18.6 Å². The van der Waals surface area contributed by atoms with E-state index in [1.54, 1.807) is 0 Å². The maximum Gasteiger partial charge on any atom is 0.368 e. The zero-order valence-electron chi connectivity index (χ0n) is 10.7. The molecule has 16 heavy (non-hydrogen) atoms. The van der Waals surface area contributed by atoms with Crippen molar-refractivity contribution in [2.75, 3.05) is 13.2 Å². The highest BCUT2D eigenvalue weighted by Gasteiger charge is 2.47. The quantitative estimate of drug-likeness (QED) is 0.692. The topological polar surface area (TPSA) is 12.5 Å². The van der Waals surface area contributed by atoms with E-state index in [0.29, 0.717) is 12.0 Å². The summed E-state index contributed by atoms with van der Waals surface area (Å²) in [6, 6.07) is 0.539. The van der Waals surface area contributed by atoms with Crippen LogP contribution in [0, 0.1) is 5.92 Å². The zero-order valence-corrected chi connectivity index (χ0v) is 10.7. The van der Waals surface area contributed by atoms with Gasteiger partial charge in [0.25, 0.3) is 0 Å². The van der Waals surface area contributed by atoms with Crippen LogP contribution < -0.4 is 0 Å². The minimum atomic E-state index is -2.94. The average Bonchev–Trinajstić information content (AvgIpc) is 2.62. The van der Waals surface area contributed by atoms with E-state index in [9.17, 15) is 8.78 Å². The molecule has 0 radical (unpaired) electrons. The fourth-order valence-corrected chi connectivity index (χ4v) is 2.58. The van der Waals surface area contributed by atoms with E-state index in [1.165, 1.54) is 0 Å². The Kier molecular flexibility index (Phi) is 4.68. The van der Waals surface area contributed by atoms with Gasteiger partial charge >= 0.3 is 6.11 Å². The van der Waals surface area contributed by atoms with Crippen LogP contribution in [0.25, 0.3) is 0 Å². The molecule has 0 bridgehead atoms. The third-order valence-electron chi connectivity index (χ3n) is 3.31. The Hall–Kier alpha value is -0.220. The van der Waals surface area contributed by atoms with Gasteiger partial charge in [-0.05, 0) is 18.8 Å². The van der Waals surface area contributed by atoms with Crippen molar-refractivity contribution in [2.24, 2.45) is 5.92 Å². The van der Waals surface area contributed by atoms with Crippen molar-refractivity contribution in [1.82, 2.24) is 4.90 Å². The third-order valence-corrected chi connectivity index (χ3v) is 3.31. The van der Waals surface area contributed by atoms with E-state index in [4.69, 9.17) is 0 Å². The van der Waals surface area contributed by atoms with Gasteiger partial charge in [0.2, 0.25) is 0 Å². The molecule has 0 aliphatic carbocycles. The molecule has 96 valence electrons. The van der Waals surface area contributed by atoms with Crippen LogP contribution in [-0.2, 0) is 4.74 Å². The minimum absolute atomic E-state index is 0.191. The molecule has 2 fully saturated rings. The van der Waals surface area contributed by atoms with Crippen LogP contribution in [0.3, 0.4) is 0 Å². The summed E-state index contributed by atoms with van der Waals surface area (Å²) in [4.78, 5) is 1.94. The lowest BCUT2D eigenvalue weighted by atomic mass is 10.0. The molecule has 2 heterocycles. The predicted octanol–water partition coefficient (Wildman–Crippen LogP) is 3.12. The van der Waals surface area contributed by atoms with Crippen LogP contribution in [-0.4, -0.2) is 36.2 Å². The summed E-state index contributed by atoms with van der Waals surface area (Å²) in [7, 11) is 0. The lowest BCUT2D eigenvalue weighted by Gasteiger charge is -2.39. The Morgan fingerprint density at radius 3 is 2.44 bits per heavy atom. The van der Waals surface area contributed by atoms with Crippen molar-refractivity contribution in [3.63, 3.8) is 0 Å². The Morgan fingerprint density at radius 2 is 1.88 bits per heavy atom. The molecule has 0 aromatic rings. The smallest absolute Gasteiger partial charge is 0.318 e. The monoisotopic (exact) mass is 235 g/mol. The molecule has 2 aliphatic heterocycles. The van der Waals surface area contributed by atoms with Crippen molar-refractivity contribution in [3.8, 4) is 0 Å². The van der Waals surface area contributed by atoms with Gasteiger partial charge in [0.15, 0.2) is 0 Å². The molecule has 0 N–H and O–H groups in total. The Labute approximate surface area is 97.0 Å². The van der Waals surface area contributed by atoms with Crippen molar-refractivity contribution in [1.29, 1.82) is 0 Å². The number of alkyl halides is 2. The molecule has 0 spiro atoms. The van der Waals surface area contributed by atoms with Crippen molar-refractivity contribution in [2.45, 2.75) is 58.7 Å². The summed E-state index contributed by atoms with van der Waals surface area (Å²) in [5.41, 5.74) is 0. The zero-order chi connectivity index (χ0) is 12.3. The van der Waals surface area contributed by atoms with E-state index < -0.39 is 6.11 Å². The van der Waals surface area contributed by atoms with Crippen LogP contribution >= 0.6 is 0 Å². The lowest BCUT2D eigenvalue weighted by Crippen LogP contribution is -2.53. The second-order valence-electron chi connectivity index (χ2n) is 4.66. The minimum Gasteiger partial charge on any atom is -0.318 e. The molecule has 0 aromatic heterocycles. The highest BCUT2D eigenvalue weighted by molar-refractivity contribution is 4.92. The van der Waals surface area contributed by atoms with E-state index in [-0.39, 0.29) is 19.2 Å². The fourth-order valence-electron chi connectivity index (χ4n) is 2.58. The molecule has 0 amide bonds. The summed E-state index contributed by atoms with van der Waals surface area (Å²) in [5, 5.41) is 0. The standard InChI is InChI=1S/C10H17F2NO.C2H6/c1-7(2)9-4-3-8-5-14-10(11,12)6-13(8)9;1-2/h7-9H,3-6H2,1-2H3;1-2H3. The number of halogens is 2. The number of morpholine rings is 1. The van der Waals surface area contributed by atoms with E-state index in [1.807, 2.05) is 18.7 Å². The van der Waals surface area contributed by atoms with Crippen LogP contribution in [0.15, 0.2) is 0 Å². The molecule has 2 saturated heterocycles. The van der Waals surface area contributed by atoms with Crippen LogP contribution in [0.5, 0.6) is 0 Å². The number of rotatable bonds is 1. The lowest BCUT2D eigenvalue weighted by molar-refractivity contribution is -0.281. The molecule has 0 aromatic carbocycles. The number of nitrogens with zero attached hydrogens (tertiary/aromatic N) is 1. The molecule has 2 rings (SSSR count). The molecule has 2 unspecified atom stereocenters. The fraction of sp³-hybridized carbons (Fsp3) is 1.00. The van der Waals surface area contributed by atoms with Gasteiger partial charge in [0.05, 0.1) is 13.2 Å². The molecular weight excluding hydrogens is 212 g/mol. The number of hydrogen-bond acceptors (Lipinski definition) is 2. The number of fused-ring (bicyclic) bond motifs is 1. The summed E-state index contributed by atoms with van der Waals surface area (Å²) < 4.78 is 30.6. The van der Waals surface area contributed by atoms with Gasteiger partial charge in [0, 0.05) is 12.1 Å². The van der Waals surface area contributed by atoms with E-state index in [0.717, 1.165) is 12.8 Å². The molecule has 2 atom stereocenters. The largest absolute Gasteiger partial charge is 0.368 e. The maximum absolute atomic E-state index is 13.0. The normalized spacial score (nSPS) is 33.2. The van der Waals surface area contributed by atoms with Gasteiger partial charge in [-0.25, -0.2) is 0 Å². The van der Waals surface area contributed by atoms with Crippen LogP contribution in [0.1, 0.15) is 40.5 Å². The first kappa shape index (κ1) is 13.8. The first-order valence-corrected chi connectivity index (χ1v) is 6.27. The van der Waals surface area contributed by atoms with Gasteiger partial charge < -0.3 is 4.74 Å². The van der Waals surface area contributed by atoms with Crippen LogP contribution in [0.4, 0.5) is 8.78 Å². The van der Waals surface area contributed by atoms with Gasteiger partial charge in [-0.3, -0.25) is 4.90 Å². The van der Waals surface area contributed by atoms with Crippen molar-refractivity contribution in [3.05, 3.63) is 0 Å². The van der Waals surface area contributed by atoms with Gasteiger partial charge in [-0.15, -0.1) is 0 Å².